The number of carbonyl (C=O) groups is 1. The molecule has 1 aromatic carbocycles. The zero-order valence-electron chi connectivity index (χ0n) is 15.9. The van der Waals surface area contributed by atoms with E-state index in [1.54, 1.807) is 18.0 Å². The minimum absolute atomic E-state index is 0.0663. The van der Waals surface area contributed by atoms with E-state index in [-0.39, 0.29) is 5.91 Å². The highest BCUT2D eigenvalue weighted by molar-refractivity contribution is 5.92. The molecule has 1 saturated heterocycles. The van der Waals surface area contributed by atoms with Gasteiger partial charge in [-0.3, -0.25) is 4.79 Å². The molecule has 3 aromatic rings. The van der Waals surface area contributed by atoms with Crippen molar-refractivity contribution in [2.45, 2.75) is 25.3 Å². The van der Waals surface area contributed by atoms with Gasteiger partial charge in [-0.1, -0.05) is 23.4 Å². The van der Waals surface area contributed by atoms with Crippen LogP contribution in [0.1, 0.15) is 35.1 Å². The van der Waals surface area contributed by atoms with E-state index in [2.05, 4.69) is 19.9 Å². The van der Waals surface area contributed by atoms with Crippen LogP contribution in [-0.2, 0) is 11.3 Å². The quantitative estimate of drug-likeness (QED) is 0.655. The normalized spacial score (nSPS) is 15.1. The van der Waals surface area contributed by atoms with Crippen LogP contribution < -0.4 is 0 Å². The smallest absolute Gasteiger partial charge is 0.276 e. The number of imidazole rings is 1. The molecule has 1 amide bonds. The minimum atomic E-state index is -0.0663. The van der Waals surface area contributed by atoms with Gasteiger partial charge in [-0.25, -0.2) is 9.67 Å². The SMILES string of the molecule is COCCn1ccnc1C1CCN(C(=O)c2cn(-c3ccccc3)nn2)CC1. The number of rotatable bonds is 6. The summed E-state index contributed by atoms with van der Waals surface area (Å²) < 4.78 is 8.95. The molecular formula is C20H24N6O2. The zero-order valence-corrected chi connectivity index (χ0v) is 15.9. The van der Waals surface area contributed by atoms with Crippen LogP contribution in [0.3, 0.4) is 0 Å². The van der Waals surface area contributed by atoms with E-state index in [0.717, 1.165) is 30.9 Å². The number of hydrogen-bond acceptors (Lipinski definition) is 5. The highest BCUT2D eigenvalue weighted by Crippen LogP contribution is 2.27. The predicted octanol–water partition coefficient (Wildman–Crippen LogP) is 2.13. The highest BCUT2D eigenvalue weighted by atomic mass is 16.5. The van der Waals surface area contributed by atoms with Crippen molar-refractivity contribution in [1.29, 1.82) is 0 Å². The summed E-state index contributed by atoms with van der Waals surface area (Å²) in [5.41, 5.74) is 1.26. The molecule has 146 valence electrons. The monoisotopic (exact) mass is 380 g/mol. The molecule has 0 atom stereocenters. The van der Waals surface area contributed by atoms with Gasteiger partial charge in [-0.2, -0.15) is 0 Å². The third-order valence-electron chi connectivity index (χ3n) is 5.16. The standard InChI is InChI=1S/C20H24N6O2/c1-28-14-13-24-12-9-21-19(24)16-7-10-25(11-8-16)20(27)18-15-26(23-22-18)17-5-3-2-4-6-17/h2-6,9,12,15-16H,7-8,10-11,13-14H2,1H3. The number of methoxy groups -OCH3 is 1. The molecule has 4 rings (SSSR count). The van der Waals surface area contributed by atoms with E-state index in [1.807, 2.05) is 47.6 Å². The second-order valence-electron chi connectivity index (χ2n) is 6.92. The van der Waals surface area contributed by atoms with E-state index >= 15 is 0 Å². The summed E-state index contributed by atoms with van der Waals surface area (Å²) in [7, 11) is 1.70. The van der Waals surface area contributed by atoms with Crippen LogP contribution >= 0.6 is 0 Å². The Kier molecular flexibility index (Phi) is 5.48. The van der Waals surface area contributed by atoms with E-state index in [9.17, 15) is 4.79 Å². The van der Waals surface area contributed by atoms with Crippen LogP contribution in [0.15, 0.2) is 48.9 Å². The Morgan fingerprint density at radius 3 is 2.75 bits per heavy atom. The first-order valence-corrected chi connectivity index (χ1v) is 9.53. The summed E-state index contributed by atoms with van der Waals surface area (Å²) in [6, 6.07) is 9.66. The Morgan fingerprint density at radius 2 is 2.00 bits per heavy atom. The van der Waals surface area contributed by atoms with Crippen molar-refractivity contribution < 1.29 is 9.53 Å². The van der Waals surface area contributed by atoms with Gasteiger partial charge in [0.25, 0.3) is 5.91 Å². The van der Waals surface area contributed by atoms with Crippen molar-refractivity contribution >= 4 is 5.91 Å². The van der Waals surface area contributed by atoms with E-state index < -0.39 is 0 Å². The molecule has 0 bridgehead atoms. The molecule has 0 N–H and O–H groups in total. The maximum Gasteiger partial charge on any atom is 0.276 e. The molecule has 2 aromatic heterocycles. The molecule has 3 heterocycles. The van der Waals surface area contributed by atoms with Crippen molar-refractivity contribution in [2.24, 2.45) is 0 Å². The Balaban J connectivity index is 1.38. The fourth-order valence-corrected chi connectivity index (χ4v) is 3.63. The zero-order chi connectivity index (χ0) is 19.3. The number of likely N-dealkylation sites (tertiary alicyclic amines) is 1. The van der Waals surface area contributed by atoms with Gasteiger partial charge in [0.2, 0.25) is 0 Å². The first-order chi connectivity index (χ1) is 13.8. The molecule has 1 fully saturated rings. The summed E-state index contributed by atoms with van der Waals surface area (Å²) in [5, 5.41) is 8.17. The molecule has 0 aliphatic carbocycles. The Hall–Kier alpha value is -3.00. The number of para-hydroxylation sites is 1. The molecule has 8 nitrogen and oxygen atoms in total. The number of piperidine rings is 1. The summed E-state index contributed by atoms with van der Waals surface area (Å²) in [6.45, 7) is 2.85. The van der Waals surface area contributed by atoms with E-state index in [1.165, 1.54) is 0 Å². The van der Waals surface area contributed by atoms with Gasteiger partial charge < -0.3 is 14.2 Å². The molecule has 1 aliphatic heterocycles. The van der Waals surface area contributed by atoms with Gasteiger partial charge in [0.1, 0.15) is 5.82 Å². The number of carbonyl (C=O) groups excluding carboxylic acids is 1. The lowest BCUT2D eigenvalue weighted by Crippen LogP contribution is -2.38. The summed E-state index contributed by atoms with van der Waals surface area (Å²) in [5.74, 6) is 1.37. The number of nitrogens with zero attached hydrogens (tertiary/aromatic N) is 6. The van der Waals surface area contributed by atoms with Crippen molar-refractivity contribution in [3.63, 3.8) is 0 Å². The number of amides is 1. The van der Waals surface area contributed by atoms with Gasteiger partial charge in [-0.15, -0.1) is 5.10 Å². The lowest BCUT2D eigenvalue weighted by Gasteiger charge is -2.31. The molecule has 0 saturated carbocycles. The molecule has 8 heteroatoms. The van der Waals surface area contributed by atoms with Crippen LogP contribution in [0.25, 0.3) is 5.69 Å². The largest absolute Gasteiger partial charge is 0.383 e. The van der Waals surface area contributed by atoms with Gasteiger partial charge in [0, 0.05) is 45.1 Å². The molecule has 1 aliphatic rings. The predicted molar refractivity (Wildman–Crippen MR) is 103 cm³/mol. The summed E-state index contributed by atoms with van der Waals surface area (Å²) in [4.78, 5) is 19.2. The Labute approximate surface area is 163 Å². The molecule has 0 unspecified atom stereocenters. The maximum atomic E-state index is 12.8. The van der Waals surface area contributed by atoms with Crippen molar-refractivity contribution in [1.82, 2.24) is 29.4 Å². The van der Waals surface area contributed by atoms with Crippen LogP contribution in [0.5, 0.6) is 0 Å². The van der Waals surface area contributed by atoms with Gasteiger partial charge in [0.05, 0.1) is 18.5 Å². The number of ether oxygens (including phenoxy) is 1. The second kappa shape index (κ2) is 8.35. The lowest BCUT2D eigenvalue weighted by molar-refractivity contribution is 0.0704. The number of hydrogen-bond donors (Lipinski definition) is 0. The van der Waals surface area contributed by atoms with Crippen LogP contribution in [0, 0.1) is 0 Å². The molecule has 28 heavy (non-hydrogen) atoms. The van der Waals surface area contributed by atoms with Crippen molar-refractivity contribution in [2.75, 3.05) is 26.8 Å². The summed E-state index contributed by atoms with van der Waals surface area (Å²) >= 11 is 0. The van der Waals surface area contributed by atoms with Crippen molar-refractivity contribution in [3.8, 4) is 5.69 Å². The third-order valence-corrected chi connectivity index (χ3v) is 5.16. The van der Waals surface area contributed by atoms with E-state index in [4.69, 9.17) is 4.74 Å². The third kappa shape index (κ3) is 3.82. The van der Waals surface area contributed by atoms with Gasteiger partial charge in [0.15, 0.2) is 5.69 Å². The maximum absolute atomic E-state index is 12.8. The van der Waals surface area contributed by atoms with Crippen LogP contribution in [0.4, 0.5) is 0 Å². The number of benzene rings is 1. The van der Waals surface area contributed by atoms with Crippen molar-refractivity contribution in [3.05, 3.63) is 60.4 Å². The Bertz CT molecular complexity index is 912. The van der Waals surface area contributed by atoms with Crippen LogP contribution in [-0.4, -0.2) is 62.2 Å². The fourth-order valence-electron chi connectivity index (χ4n) is 3.63. The second-order valence-corrected chi connectivity index (χ2v) is 6.92. The number of aromatic nitrogens is 5. The molecular weight excluding hydrogens is 356 g/mol. The first kappa shape index (κ1) is 18.4. The molecule has 0 radical (unpaired) electrons. The topological polar surface area (TPSA) is 78.1 Å². The summed E-state index contributed by atoms with van der Waals surface area (Å²) in [6.07, 6.45) is 7.31. The first-order valence-electron chi connectivity index (χ1n) is 9.53. The van der Waals surface area contributed by atoms with Gasteiger partial charge in [-0.05, 0) is 25.0 Å². The minimum Gasteiger partial charge on any atom is -0.383 e. The molecule has 0 spiro atoms. The lowest BCUT2D eigenvalue weighted by atomic mass is 9.95. The van der Waals surface area contributed by atoms with Crippen LogP contribution in [0.2, 0.25) is 0 Å². The van der Waals surface area contributed by atoms with E-state index in [0.29, 0.717) is 31.3 Å². The average Bonchev–Trinajstić information content (AvgIpc) is 3.42. The highest BCUT2D eigenvalue weighted by Gasteiger charge is 2.28. The van der Waals surface area contributed by atoms with Gasteiger partial charge >= 0.3 is 0 Å². The average molecular weight is 380 g/mol. The fraction of sp³-hybridized carbons (Fsp3) is 0.400. The Morgan fingerprint density at radius 1 is 1.21 bits per heavy atom.